The number of alkyl halides is 3. The molecule has 3 N–H and O–H groups in total. The number of halogens is 4. The molecule has 0 aliphatic carbocycles. The molecule has 0 bridgehead atoms. The number of carboxylic acids is 2. The van der Waals surface area contributed by atoms with Crippen molar-refractivity contribution >= 4 is 33.3 Å². The largest absolute Gasteiger partial charge is 0.490 e. The molecule has 1 aliphatic heterocycles. The van der Waals surface area contributed by atoms with Crippen molar-refractivity contribution < 1.29 is 45.8 Å². The SMILES string of the molecule is Cc1ccc(C)c(S(=O)(=O)Nc2cc(C(=O)O)ccc2N2CCN(Cc3ccccc3F)CC2)c1.O=C(O)C(F)(F)F. The number of aryl methyl sites for hydroxylation is 2. The van der Waals surface area contributed by atoms with E-state index in [2.05, 4.69) is 9.62 Å². The summed E-state index contributed by atoms with van der Waals surface area (Å²) in [6.07, 6.45) is -5.08. The minimum Gasteiger partial charge on any atom is -0.478 e. The van der Waals surface area contributed by atoms with E-state index in [9.17, 15) is 35.9 Å². The molecule has 42 heavy (non-hydrogen) atoms. The van der Waals surface area contributed by atoms with Gasteiger partial charge in [-0.1, -0.05) is 30.3 Å². The van der Waals surface area contributed by atoms with E-state index < -0.39 is 28.1 Å². The van der Waals surface area contributed by atoms with Gasteiger partial charge in [0.1, 0.15) is 5.82 Å². The van der Waals surface area contributed by atoms with Crippen molar-refractivity contribution in [1.29, 1.82) is 0 Å². The second-order valence-electron chi connectivity index (χ2n) is 9.57. The Hall–Kier alpha value is -4.17. The van der Waals surface area contributed by atoms with E-state index >= 15 is 0 Å². The molecule has 3 aromatic rings. The van der Waals surface area contributed by atoms with Gasteiger partial charge in [0.2, 0.25) is 0 Å². The first-order valence-corrected chi connectivity index (χ1v) is 14.0. The molecule has 0 atom stereocenters. The summed E-state index contributed by atoms with van der Waals surface area (Å²) in [6, 6.07) is 16.3. The number of aromatic carboxylic acids is 1. The minimum atomic E-state index is -5.08. The Kier molecular flexibility index (Phi) is 10.2. The van der Waals surface area contributed by atoms with Gasteiger partial charge < -0.3 is 15.1 Å². The fourth-order valence-electron chi connectivity index (χ4n) is 4.24. The van der Waals surface area contributed by atoms with Crippen LogP contribution in [0.5, 0.6) is 0 Å². The maximum absolute atomic E-state index is 14.0. The molecule has 0 unspecified atom stereocenters. The maximum Gasteiger partial charge on any atom is 0.490 e. The topological polar surface area (TPSA) is 127 Å². The lowest BCUT2D eigenvalue weighted by molar-refractivity contribution is -0.192. The van der Waals surface area contributed by atoms with E-state index in [-0.39, 0.29) is 22.0 Å². The van der Waals surface area contributed by atoms with Crippen molar-refractivity contribution in [1.82, 2.24) is 4.90 Å². The number of nitrogens with one attached hydrogen (secondary N) is 1. The van der Waals surface area contributed by atoms with Crippen LogP contribution in [0.25, 0.3) is 0 Å². The zero-order valence-corrected chi connectivity index (χ0v) is 23.5. The van der Waals surface area contributed by atoms with Crippen molar-refractivity contribution in [3.8, 4) is 0 Å². The first-order chi connectivity index (χ1) is 19.6. The highest BCUT2D eigenvalue weighted by atomic mass is 32.2. The van der Waals surface area contributed by atoms with Gasteiger partial charge in [-0.05, 0) is 55.3 Å². The predicted octanol–water partition coefficient (Wildman–Crippen LogP) is 4.90. The number of piperazine rings is 1. The van der Waals surface area contributed by atoms with Gasteiger partial charge in [0.25, 0.3) is 10.0 Å². The molecule has 0 aromatic heterocycles. The van der Waals surface area contributed by atoms with E-state index in [1.165, 1.54) is 18.2 Å². The average Bonchev–Trinajstić information content (AvgIpc) is 2.91. The summed E-state index contributed by atoms with van der Waals surface area (Å²) < 4.78 is 74.9. The number of carbonyl (C=O) groups is 2. The van der Waals surface area contributed by atoms with Crippen LogP contribution in [0.2, 0.25) is 0 Å². The summed E-state index contributed by atoms with van der Waals surface area (Å²) >= 11 is 0. The standard InChI is InChI=1S/C26H28FN3O4S.C2HF3O2/c1-18-7-8-19(2)25(15-18)35(33,34)28-23-16-20(26(31)32)9-10-24(23)30-13-11-29(12-14-30)17-21-5-3-4-6-22(21)27;3-2(4,5)1(6)7/h3-10,15-16,28H,11-14,17H2,1-2H3,(H,31,32);(H,6,7). The van der Waals surface area contributed by atoms with Gasteiger partial charge >= 0.3 is 18.1 Å². The van der Waals surface area contributed by atoms with Crippen molar-refractivity contribution in [3.05, 3.63) is 88.7 Å². The Morgan fingerprint density at radius 3 is 2.12 bits per heavy atom. The molecule has 226 valence electrons. The van der Waals surface area contributed by atoms with Crippen LogP contribution >= 0.6 is 0 Å². The Bertz CT molecular complexity index is 1560. The number of hydrogen-bond acceptors (Lipinski definition) is 6. The molecular formula is C28H29F4N3O6S. The zero-order chi connectivity index (χ0) is 31.2. The fourth-order valence-corrected chi connectivity index (χ4v) is 5.63. The van der Waals surface area contributed by atoms with Gasteiger partial charge in [-0.2, -0.15) is 13.2 Å². The van der Waals surface area contributed by atoms with Crippen LogP contribution in [0.3, 0.4) is 0 Å². The molecule has 9 nitrogen and oxygen atoms in total. The van der Waals surface area contributed by atoms with Gasteiger partial charge in [0, 0.05) is 38.3 Å². The van der Waals surface area contributed by atoms with E-state index in [1.54, 1.807) is 37.3 Å². The molecule has 0 radical (unpaired) electrons. The smallest absolute Gasteiger partial charge is 0.478 e. The molecule has 1 aliphatic rings. The molecule has 3 aromatic carbocycles. The number of rotatable bonds is 7. The van der Waals surface area contributed by atoms with Gasteiger partial charge in [-0.25, -0.2) is 22.4 Å². The number of aliphatic carboxylic acids is 1. The Balaban J connectivity index is 0.000000616. The average molecular weight is 612 g/mol. The highest BCUT2D eigenvalue weighted by Crippen LogP contribution is 2.31. The van der Waals surface area contributed by atoms with Crippen LogP contribution in [0.4, 0.5) is 28.9 Å². The van der Waals surface area contributed by atoms with E-state index in [1.807, 2.05) is 24.0 Å². The Morgan fingerprint density at radius 1 is 0.929 bits per heavy atom. The number of anilines is 2. The van der Waals surface area contributed by atoms with Crippen LogP contribution < -0.4 is 9.62 Å². The first kappa shape index (κ1) is 32.3. The summed E-state index contributed by atoms with van der Waals surface area (Å²) in [5.74, 6) is -4.13. The van der Waals surface area contributed by atoms with Crippen LogP contribution in [0, 0.1) is 19.7 Å². The van der Waals surface area contributed by atoms with E-state index in [0.717, 1.165) is 5.56 Å². The lowest BCUT2D eigenvalue weighted by atomic mass is 10.1. The molecule has 0 amide bonds. The fraction of sp³-hybridized carbons (Fsp3) is 0.286. The van der Waals surface area contributed by atoms with Crippen molar-refractivity contribution in [2.75, 3.05) is 35.8 Å². The third-order valence-electron chi connectivity index (χ3n) is 6.43. The summed E-state index contributed by atoms with van der Waals surface area (Å²) in [5, 5.41) is 16.6. The minimum absolute atomic E-state index is 0.00870. The zero-order valence-electron chi connectivity index (χ0n) is 22.7. The van der Waals surface area contributed by atoms with E-state index in [0.29, 0.717) is 49.5 Å². The van der Waals surface area contributed by atoms with Crippen molar-refractivity contribution in [2.24, 2.45) is 0 Å². The molecule has 14 heteroatoms. The molecule has 1 heterocycles. The van der Waals surface area contributed by atoms with E-state index in [4.69, 9.17) is 9.90 Å². The molecule has 0 saturated carbocycles. The second-order valence-corrected chi connectivity index (χ2v) is 11.2. The third kappa shape index (κ3) is 8.42. The summed E-state index contributed by atoms with van der Waals surface area (Å²) in [7, 11) is -3.95. The predicted molar refractivity (Wildman–Crippen MR) is 148 cm³/mol. The highest BCUT2D eigenvalue weighted by molar-refractivity contribution is 7.92. The number of sulfonamides is 1. The maximum atomic E-state index is 14.0. The highest BCUT2D eigenvalue weighted by Gasteiger charge is 2.38. The van der Waals surface area contributed by atoms with Gasteiger partial charge in [-0.3, -0.25) is 9.62 Å². The van der Waals surface area contributed by atoms with Crippen molar-refractivity contribution in [3.63, 3.8) is 0 Å². The normalized spacial score (nSPS) is 14.1. The van der Waals surface area contributed by atoms with Crippen LogP contribution in [0.15, 0.2) is 65.6 Å². The van der Waals surface area contributed by atoms with Gasteiger partial charge in [0.15, 0.2) is 0 Å². The lowest BCUT2D eigenvalue weighted by Crippen LogP contribution is -2.46. The Morgan fingerprint density at radius 2 is 1.55 bits per heavy atom. The molecule has 4 rings (SSSR count). The number of benzene rings is 3. The summed E-state index contributed by atoms with van der Waals surface area (Å²) in [6.45, 7) is 6.49. The summed E-state index contributed by atoms with van der Waals surface area (Å²) in [5.41, 5.74) is 2.85. The summed E-state index contributed by atoms with van der Waals surface area (Å²) in [4.78, 5) is 24.8. The lowest BCUT2D eigenvalue weighted by Gasteiger charge is -2.37. The Labute approximate surface area is 240 Å². The quantitative estimate of drug-likeness (QED) is 0.322. The first-order valence-electron chi connectivity index (χ1n) is 12.6. The number of hydrogen-bond donors (Lipinski definition) is 3. The monoisotopic (exact) mass is 611 g/mol. The molecule has 1 fully saturated rings. The third-order valence-corrected chi connectivity index (χ3v) is 7.94. The molecule has 1 saturated heterocycles. The van der Waals surface area contributed by atoms with Gasteiger partial charge in [-0.15, -0.1) is 0 Å². The number of carboxylic acid groups (broad SMARTS) is 2. The van der Waals surface area contributed by atoms with Crippen molar-refractivity contribution in [2.45, 2.75) is 31.5 Å². The molecular weight excluding hydrogens is 582 g/mol. The number of nitrogens with zero attached hydrogens (tertiary/aromatic N) is 2. The second kappa shape index (κ2) is 13.2. The molecule has 0 spiro atoms. The van der Waals surface area contributed by atoms with Crippen LogP contribution in [-0.4, -0.2) is 67.8 Å². The van der Waals surface area contributed by atoms with Crippen LogP contribution in [-0.2, 0) is 21.4 Å². The van der Waals surface area contributed by atoms with Gasteiger partial charge in [0.05, 0.1) is 21.8 Å². The van der Waals surface area contributed by atoms with Crippen LogP contribution in [0.1, 0.15) is 27.0 Å².